The summed E-state index contributed by atoms with van der Waals surface area (Å²) in [7, 11) is 3.60. The predicted octanol–water partition coefficient (Wildman–Crippen LogP) is 2.80. The highest BCUT2D eigenvalue weighted by atomic mass is 16.7. The van der Waals surface area contributed by atoms with Crippen LogP contribution in [0.1, 0.15) is 52.0 Å². The molecule has 0 saturated carbocycles. The Hall–Kier alpha value is -1.04. The summed E-state index contributed by atoms with van der Waals surface area (Å²) < 4.78 is 18.0. The van der Waals surface area contributed by atoms with Crippen molar-refractivity contribution in [2.45, 2.75) is 57.7 Å². The Labute approximate surface area is 146 Å². The van der Waals surface area contributed by atoms with E-state index in [9.17, 15) is 0 Å². The predicted molar refractivity (Wildman–Crippen MR) is 98.2 cm³/mol. The van der Waals surface area contributed by atoms with E-state index in [0.717, 1.165) is 24.3 Å². The maximum absolute atomic E-state index is 6.16. The van der Waals surface area contributed by atoms with Crippen LogP contribution in [-0.4, -0.2) is 50.5 Å². The average Bonchev–Trinajstić information content (AvgIpc) is 2.76. The maximum atomic E-state index is 6.16. The molecule has 2 aliphatic rings. The molecule has 0 amide bonds. The second-order valence-electron chi connectivity index (χ2n) is 8.17. The molecule has 1 aromatic carbocycles. The molecule has 0 radical (unpaired) electrons. The van der Waals surface area contributed by atoms with Crippen molar-refractivity contribution in [1.82, 2.24) is 4.90 Å². The van der Waals surface area contributed by atoms with Crippen molar-refractivity contribution in [2.75, 3.05) is 27.2 Å². The van der Waals surface area contributed by atoms with E-state index in [1.807, 2.05) is 0 Å². The molecule has 2 heterocycles. The first-order chi connectivity index (χ1) is 11.2. The molecule has 2 saturated heterocycles. The third kappa shape index (κ3) is 3.22. The topological polar surface area (TPSA) is 30.9 Å². The van der Waals surface area contributed by atoms with Crippen molar-refractivity contribution in [1.29, 1.82) is 0 Å². The second-order valence-corrected chi connectivity index (χ2v) is 8.17. The van der Waals surface area contributed by atoms with Crippen LogP contribution in [0.5, 0.6) is 5.75 Å². The fraction of sp³-hybridized carbons (Fsp3) is 0.684. The first kappa shape index (κ1) is 17.8. The zero-order valence-corrected chi connectivity index (χ0v) is 15.9. The first-order valence-corrected chi connectivity index (χ1v) is 8.95. The summed E-state index contributed by atoms with van der Waals surface area (Å²) in [5.41, 5.74) is 1.70. The van der Waals surface area contributed by atoms with Crippen LogP contribution in [0, 0.1) is 0 Å². The van der Waals surface area contributed by atoms with E-state index in [1.54, 1.807) is 7.11 Å². The number of ether oxygens (including phenoxy) is 1. The lowest BCUT2D eigenvalue weighted by molar-refractivity contribution is 0.00578. The molecule has 24 heavy (non-hydrogen) atoms. The summed E-state index contributed by atoms with van der Waals surface area (Å²) in [6, 6.07) is 6.43. The Morgan fingerprint density at radius 2 is 1.67 bits per heavy atom. The van der Waals surface area contributed by atoms with Crippen molar-refractivity contribution in [3.8, 4) is 5.75 Å². The molecule has 0 N–H and O–H groups in total. The molecular weight excluding hydrogens is 301 g/mol. The zero-order valence-electron chi connectivity index (χ0n) is 15.9. The summed E-state index contributed by atoms with van der Waals surface area (Å²) in [4.78, 5) is 2.39. The molecule has 1 aromatic rings. The average molecular weight is 331 g/mol. The van der Waals surface area contributed by atoms with Crippen molar-refractivity contribution < 1.29 is 14.0 Å². The van der Waals surface area contributed by atoms with E-state index in [4.69, 9.17) is 14.0 Å². The zero-order chi connectivity index (χ0) is 17.5. The van der Waals surface area contributed by atoms with Gasteiger partial charge >= 0.3 is 7.12 Å². The van der Waals surface area contributed by atoms with Gasteiger partial charge in [-0.25, -0.2) is 0 Å². The van der Waals surface area contributed by atoms with E-state index in [0.29, 0.717) is 5.92 Å². The Morgan fingerprint density at radius 3 is 2.21 bits per heavy atom. The van der Waals surface area contributed by atoms with Gasteiger partial charge in [-0.3, -0.25) is 0 Å². The van der Waals surface area contributed by atoms with Gasteiger partial charge in [0.15, 0.2) is 0 Å². The molecule has 0 atom stereocenters. The first-order valence-electron chi connectivity index (χ1n) is 8.95. The number of nitrogens with zero attached hydrogens (tertiary/aromatic N) is 1. The van der Waals surface area contributed by atoms with Gasteiger partial charge in [-0.1, -0.05) is 12.1 Å². The lowest BCUT2D eigenvalue weighted by atomic mass is 9.77. The number of piperidine rings is 1. The maximum Gasteiger partial charge on any atom is 0.494 e. The molecule has 0 unspecified atom stereocenters. The number of rotatable bonds is 3. The Bertz CT molecular complexity index is 578. The number of benzene rings is 1. The molecule has 2 aliphatic heterocycles. The van der Waals surface area contributed by atoms with Crippen LogP contribution in [0.4, 0.5) is 0 Å². The quantitative estimate of drug-likeness (QED) is 0.797. The highest BCUT2D eigenvalue weighted by Gasteiger charge is 2.51. The van der Waals surface area contributed by atoms with E-state index in [1.165, 1.54) is 18.4 Å². The lowest BCUT2D eigenvalue weighted by Gasteiger charge is -2.32. The molecule has 0 aliphatic carbocycles. The van der Waals surface area contributed by atoms with E-state index in [-0.39, 0.29) is 18.3 Å². The fourth-order valence-electron chi connectivity index (χ4n) is 3.51. The molecule has 0 spiro atoms. The third-order valence-electron chi connectivity index (χ3n) is 5.94. The summed E-state index contributed by atoms with van der Waals surface area (Å²) in [5, 5.41) is 0. The fourth-order valence-corrected chi connectivity index (χ4v) is 3.51. The number of hydrogen-bond acceptors (Lipinski definition) is 4. The van der Waals surface area contributed by atoms with E-state index < -0.39 is 0 Å². The minimum absolute atomic E-state index is 0.322. The molecular formula is C19H30BNO3. The van der Waals surface area contributed by atoms with E-state index in [2.05, 4.69) is 57.8 Å². The molecule has 5 heteroatoms. The largest absolute Gasteiger partial charge is 0.496 e. The highest BCUT2D eigenvalue weighted by Crippen LogP contribution is 2.38. The van der Waals surface area contributed by atoms with Crippen LogP contribution in [0.3, 0.4) is 0 Å². The van der Waals surface area contributed by atoms with Crippen molar-refractivity contribution >= 4 is 12.6 Å². The van der Waals surface area contributed by atoms with Crippen LogP contribution >= 0.6 is 0 Å². The SMILES string of the molecule is COc1cc(B2OC(C)(C)C(C)(C)O2)ccc1C1CCN(C)CC1. The summed E-state index contributed by atoms with van der Waals surface area (Å²) in [5.74, 6) is 1.53. The minimum Gasteiger partial charge on any atom is -0.496 e. The van der Waals surface area contributed by atoms with Gasteiger partial charge < -0.3 is 18.9 Å². The standard InChI is InChI=1S/C19H30BNO3/c1-18(2)19(3,4)24-20(23-18)15-7-8-16(17(13-15)22-6)14-9-11-21(5)12-10-14/h7-8,13-14H,9-12H2,1-6H3. The van der Waals surface area contributed by atoms with Gasteiger partial charge in [0.1, 0.15) is 5.75 Å². The number of methoxy groups -OCH3 is 1. The number of likely N-dealkylation sites (tertiary alicyclic amines) is 1. The van der Waals surface area contributed by atoms with Crippen LogP contribution in [0.15, 0.2) is 18.2 Å². The van der Waals surface area contributed by atoms with Crippen LogP contribution in [0.25, 0.3) is 0 Å². The van der Waals surface area contributed by atoms with Crippen LogP contribution < -0.4 is 10.2 Å². The molecule has 3 rings (SSSR count). The second kappa shape index (κ2) is 6.36. The Morgan fingerprint density at radius 1 is 1.08 bits per heavy atom. The third-order valence-corrected chi connectivity index (χ3v) is 5.94. The van der Waals surface area contributed by atoms with Crippen LogP contribution in [-0.2, 0) is 9.31 Å². The molecule has 132 valence electrons. The van der Waals surface area contributed by atoms with Gasteiger partial charge in [0, 0.05) is 0 Å². The van der Waals surface area contributed by atoms with Gasteiger partial charge in [0.2, 0.25) is 0 Å². The van der Waals surface area contributed by atoms with E-state index >= 15 is 0 Å². The Balaban J connectivity index is 1.82. The van der Waals surface area contributed by atoms with Gasteiger partial charge in [0.25, 0.3) is 0 Å². The van der Waals surface area contributed by atoms with Crippen molar-refractivity contribution in [3.63, 3.8) is 0 Å². The monoisotopic (exact) mass is 331 g/mol. The Kier molecular flexibility index (Phi) is 4.71. The van der Waals surface area contributed by atoms with Gasteiger partial charge in [-0.2, -0.15) is 0 Å². The van der Waals surface area contributed by atoms with Crippen LogP contribution in [0.2, 0.25) is 0 Å². The lowest BCUT2D eigenvalue weighted by Crippen LogP contribution is -2.41. The number of hydrogen-bond donors (Lipinski definition) is 0. The van der Waals surface area contributed by atoms with Gasteiger partial charge in [0.05, 0.1) is 18.3 Å². The van der Waals surface area contributed by atoms with Crippen molar-refractivity contribution in [3.05, 3.63) is 23.8 Å². The summed E-state index contributed by atoms with van der Waals surface area (Å²) >= 11 is 0. The highest BCUT2D eigenvalue weighted by molar-refractivity contribution is 6.62. The smallest absolute Gasteiger partial charge is 0.494 e. The molecule has 2 fully saturated rings. The normalized spacial score (nSPS) is 24.3. The van der Waals surface area contributed by atoms with Gasteiger partial charge in [-0.05, 0) is 83.7 Å². The molecule has 0 bridgehead atoms. The van der Waals surface area contributed by atoms with Crippen molar-refractivity contribution in [2.24, 2.45) is 0 Å². The molecule has 0 aromatic heterocycles. The minimum atomic E-state index is -0.338. The molecule has 4 nitrogen and oxygen atoms in total. The van der Waals surface area contributed by atoms with Gasteiger partial charge in [-0.15, -0.1) is 0 Å². The summed E-state index contributed by atoms with van der Waals surface area (Å²) in [6.45, 7) is 10.6. The summed E-state index contributed by atoms with van der Waals surface area (Å²) in [6.07, 6.45) is 2.37.